The Morgan fingerprint density at radius 1 is 1.00 bits per heavy atom. The summed E-state index contributed by atoms with van der Waals surface area (Å²) in [4.78, 5) is 8.69. The van der Waals surface area contributed by atoms with E-state index in [-0.39, 0.29) is 5.41 Å². The van der Waals surface area contributed by atoms with Crippen molar-refractivity contribution in [2.75, 3.05) is 0 Å². The summed E-state index contributed by atoms with van der Waals surface area (Å²) < 4.78 is 1.77. The minimum Gasteiger partial charge on any atom is -0.250 e. The van der Waals surface area contributed by atoms with E-state index in [1.165, 1.54) is 5.56 Å². The van der Waals surface area contributed by atoms with Gasteiger partial charge >= 0.3 is 0 Å². The highest BCUT2D eigenvalue weighted by molar-refractivity contribution is 5.89. The Kier molecular flexibility index (Phi) is 2.82. The summed E-state index contributed by atoms with van der Waals surface area (Å²) in [5, 5.41) is 5.24. The van der Waals surface area contributed by atoms with Crippen LogP contribution in [-0.2, 0) is 12.5 Å². The molecule has 1 aromatic carbocycles. The van der Waals surface area contributed by atoms with Crippen LogP contribution in [0, 0.1) is 0 Å². The molecule has 0 spiro atoms. The third kappa shape index (κ3) is 2.07. The van der Waals surface area contributed by atoms with E-state index >= 15 is 0 Å². The summed E-state index contributed by atoms with van der Waals surface area (Å²) in [6.07, 6.45) is 3.42. The van der Waals surface area contributed by atoms with E-state index in [0.29, 0.717) is 0 Å². The van der Waals surface area contributed by atoms with Crippen LogP contribution in [0.25, 0.3) is 22.3 Å². The fraction of sp³-hybridized carbons (Fsp3) is 0.312. The highest BCUT2D eigenvalue weighted by Crippen LogP contribution is 2.28. The van der Waals surface area contributed by atoms with Crippen LogP contribution in [0.4, 0.5) is 0 Å². The fourth-order valence-electron chi connectivity index (χ4n) is 2.32. The van der Waals surface area contributed by atoms with Gasteiger partial charge in [0.15, 0.2) is 5.65 Å². The predicted molar refractivity (Wildman–Crippen MR) is 80.4 cm³/mol. The molecular weight excluding hydrogens is 248 g/mol. The van der Waals surface area contributed by atoms with Gasteiger partial charge in [-0.15, -0.1) is 0 Å². The number of hydrogen-bond acceptors (Lipinski definition) is 3. The van der Waals surface area contributed by atoms with Gasteiger partial charge in [0.05, 0.1) is 17.3 Å². The van der Waals surface area contributed by atoms with E-state index in [1.807, 2.05) is 13.2 Å². The van der Waals surface area contributed by atoms with Crippen molar-refractivity contribution in [3.8, 4) is 11.3 Å². The van der Waals surface area contributed by atoms with Gasteiger partial charge in [-0.2, -0.15) is 5.10 Å². The highest BCUT2D eigenvalue weighted by atomic mass is 15.3. The molecular formula is C16H18N4. The smallest absolute Gasteiger partial charge is 0.161 e. The molecule has 4 nitrogen and oxygen atoms in total. The molecule has 102 valence electrons. The molecule has 3 rings (SSSR count). The molecule has 0 saturated heterocycles. The first-order valence-corrected chi connectivity index (χ1v) is 6.70. The van der Waals surface area contributed by atoms with Crippen molar-refractivity contribution in [1.29, 1.82) is 0 Å². The summed E-state index contributed by atoms with van der Waals surface area (Å²) in [6.45, 7) is 6.64. The van der Waals surface area contributed by atoms with E-state index in [4.69, 9.17) is 0 Å². The third-order valence-electron chi connectivity index (χ3n) is 3.55. The van der Waals surface area contributed by atoms with Gasteiger partial charge in [-0.3, -0.25) is 4.68 Å². The molecule has 4 heteroatoms. The number of fused-ring (bicyclic) bond motifs is 1. The van der Waals surface area contributed by atoms with Crippen molar-refractivity contribution in [3.63, 3.8) is 0 Å². The summed E-state index contributed by atoms with van der Waals surface area (Å²) in [5.74, 6) is 0. The summed E-state index contributed by atoms with van der Waals surface area (Å²) in [6, 6.07) is 8.57. The maximum Gasteiger partial charge on any atom is 0.161 e. The Bertz CT molecular complexity index is 748. The van der Waals surface area contributed by atoms with E-state index in [1.54, 1.807) is 11.0 Å². The molecule has 0 aliphatic heterocycles. The van der Waals surface area contributed by atoms with Crippen LogP contribution in [-0.4, -0.2) is 19.7 Å². The van der Waals surface area contributed by atoms with Gasteiger partial charge in [0.2, 0.25) is 0 Å². The molecule has 3 aromatic rings. The van der Waals surface area contributed by atoms with Gasteiger partial charge in [-0.1, -0.05) is 45.0 Å². The van der Waals surface area contributed by atoms with E-state index in [9.17, 15) is 0 Å². The van der Waals surface area contributed by atoms with Crippen molar-refractivity contribution >= 4 is 11.0 Å². The molecule has 2 heterocycles. The lowest BCUT2D eigenvalue weighted by atomic mass is 9.86. The van der Waals surface area contributed by atoms with Crippen LogP contribution in [0.2, 0.25) is 0 Å². The molecule has 2 aromatic heterocycles. The van der Waals surface area contributed by atoms with Crippen LogP contribution in [0.5, 0.6) is 0 Å². The summed E-state index contributed by atoms with van der Waals surface area (Å²) in [7, 11) is 1.89. The zero-order valence-corrected chi connectivity index (χ0v) is 12.3. The second kappa shape index (κ2) is 4.40. The van der Waals surface area contributed by atoms with Crippen LogP contribution in [0.1, 0.15) is 26.3 Å². The van der Waals surface area contributed by atoms with Gasteiger partial charge < -0.3 is 0 Å². The first-order chi connectivity index (χ1) is 9.47. The highest BCUT2D eigenvalue weighted by Gasteiger charge is 2.14. The molecule has 0 fully saturated rings. The second-order valence-electron chi connectivity index (χ2n) is 6.06. The Morgan fingerprint density at radius 3 is 2.35 bits per heavy atom. The van der Waals surface area contributed by atoms with Crippen molar-refractivity contribution in [3.05, 3.63) is 42.4 Å². The predicted octanol–water partition coefficient (Wildman–Crippen LogP) is 3.33. The Hall–Kier alpha value is -2.23. The zero-order chi connectivity index (χ0) is 14.3. The Morgan fingerprint density at radius 2 is 1.70 bits per heavy atom. The van der Waals surface area contributed by atoms with Crippen molar-refractivity contribution in [1.82, 2.24) is 19.7 Å². The average molecular weight is 266 g/mol. The quantitative estimate of drug-likeness (QED) is 0.678. The number of nitrogens with zero attached hydrogens (tertiary/aromatic N) is 4. The molecule has 0 bridgehead atoms. The summed E-state index contributed by atoms with van der Waals surface area (Å²) >= 11 is 0. The number of aryl methyl sites for hydroxylation is 1. The molecule has 0 aliphatic carbocycles. The van der Waals surface area contributed by atoms with Gasteiger partial charge in [-0.25, -0.2) is 9.97 Å². The molecule has 0 atom stereocenters. The lowest BCUT2D eigenvalue weighted by molar-refractivity contribution is 0.590. The average Bonchev–Trinajstić information content (AvgIpc) is 2.80. The van der Waals surface area contributed by atoms with Crippen LogP contribution >= 0.6 is 0 Å². The van der Waals surface area contributed by atoms with Gasteiger partial charge in [0, 0.05) is 12.6 Å². The standard InChI is InChI=1S/C16H18N4/c1-16(2,3)12-7-5-11(6-8-12)14-13-9-19-20(4)15(13)18-10-17-14/h5-10H,1-4H3. The SMILES string of the molecule is Cn1ncc2c(-c3ccc(C(C)(C)C)cc3)ncnc21. The molecule has 0 radical (unpaired) electrons. The van der Waals surface area contributed by atoms with Gasteiger partial charge in [-0.05, 0) is 11.0 Å². The van der Waals surface area contributed by atoms with Crippen molar-refractivity contribution in [2.24, 2.45) is 7.05 Å². The lowest BCUT2D eigenvalue weighted by Crippen LogP contribution is -2.10. The summed E-state index contributed by atoms with van der Waals surface area (Å²) in [5.41, 5.74) is 4.36. The molecule has 0 saturated carbocycles. The Labute approximate surface area is 118 Å². The number of aromatic nitrogens is 4. The minimum absolute atomic E-state index is 0.161. The van der Waals surface area contributed by atoms with Crippen LogP contribution in [0.3, 0.4) is 0 Å². The molecule has 0 unspecified atom stereocenters. The minimum atomic E-state index is 0.161. The maximum atomic E-state index is 4.42. The van der Waals surface area contributed by atoms with Crippen molar-refractivity contribution in [2.45, 2.75) is 26.2 Å². The largest absolute Gasteiger partial charge is 0.250 e. The fourth-order valence-corrected chi connectivity index (χ4v) is 2.32. The normalized spacial score (nSPS) is 12.0. The van der Waals surface area contributed by atoms with E-state index in [2.05, 4.69) is 60.1 Å². The van der Waals surface area contributed by atoms with Crippen molar-refractivity contribution < 1.29 is 0 Å². The first kappa shape index (κ1) is 12.8. The molecule has 0 N–H and O–H groups in total. The first-order valence-electron chi connectivity index (χ1n) is 6.70. The van der Waals surface area contributed by atoms with E-state index < -0.39 is 0 Å². The van der Waals surface area contributed by atoms with Gasteiger partial charge in [0.25, 0.3) is 0 Å². The van der Waals surface area contributed by atoms with Gasteiger partial charge in [0.1, 0.15) is 6.33 Å². The Balaban J connectivity index is 2.12. The maximum absolute atomic E-state index is 4.42. The van der Waals surface area contributed by atoms with E-state index in [0.717, 1.165) is 22.3 Å². The lowest BCUT2D eigenvalue weighted by Gasteiger charge is -2.19. The monoisotopic (exact) mass is 266 g/mol. The second-order valence-corrected chi connectivity index (χ2v) is 6.06. The number of rotatable bonds is 1. The number of benzene rings is 1. The zero-order valence-electron chi connectivity index (χ0n) is 12.3. The molecule has 20 heavy (non-hydrogen) atoms. The van der Waals surface area contributed by atoms with Crippen LogP contribution in [0.15, 0.2) is 36.8 Å². The number of hydrogen-bond donors (Lipinski definition) is 0. The third-order valence-corrected chi connectivity index (χ3v) is 3.55. The topological polar surface area (TPSA) is 43.6 Å². The van der Waals surface area contributed by atoms with Crippen LogP contribution < -0.4 is 0 Å². The molecule has 0 aliphatic rings. The molecule has 0 amide bonds.